The van der Waals surface area contributed by atoms with Gasteiger partial charge in [0.15, 0.2) is 0 Å². The molecule has 0 spiro atoms. The zero-order chi connectivity index (χ0) is 40.2. The smallest absolute Gasteiger partial charge is 0.0691 e. The molecule has 0 amide bonds. The Bertz CT molecular complexity index is 1800. The van der Waals surface area contributed by atoms with Crippen LogP contribution in [-0.4, -0.2) is 11.8 Å². The number of hydrogen-bond donors (Lipinski definition) is 0. The van der Waals surface area contributed by atoms with Gasteiger partial charge in [0, 0.05) is 39.0 Å². The number of allylic oxidation sites excluding steroid dienone is 8. The van der Waals surface area contributed by atoms with E-state index in [1.165, 1.54) is 12.8 Å². The molecule has 4 aliphatic carbocycles. The number of nitrogens with zero attached hydrogens (tertiary/aromatic N) is 2. The van der Waals surface area contributed by atoms with Crippen LogP contribution in [0.1, 0.15) is 125 Å². The first kappa shape index (κ1) is 48.4. The van der Waals surface area contributed by atoms with Gasteiger partial charge in [0.1, 0.15) is 0 Å². The van der Waals surface area contributed by atoms with Crippen molar-refractivity contribution in [3.8, 4) is 0 Å². The van der Waals surface area contributed by atoms with Crippen LogP contribution in [0, 0.1) is 23.7 Å². The molecule has 2 radical (unpaired) electrons. The molecule has 4 nitrogen and oxygen atoms in total. The van der Waals surface area contributed by atoms with Crippen LogP contribution in [0.5, 0.6) is 0 Å². The SMILES string of the molecule is C1=CC2C=CC1C2.C1=CC2C=CC1C2.CC(C)c1cccc(C(C)C)c1N=C([O-])c1ccccc1.CC(C)c1cccc(C(C)C)c1N=C([O-])c1ccccc1.[Rh].[Rh]. The monoisotopic (exact) mass is 950 g/mol. The molecule has 0 saturated carbocycles. The summed E-state index contributed by atoms with van der Waals surface area (Å²) in [6, 6.07) is 30.8. The van der Waals surface area contributed by atoms with Gasteiger partial charge in [-0.05, 0) is 105 Å². The van der Waals surface area contributed by atoms with Crippen LogP contribution in [0.15, 0.2) is 156 Å². The second kappa shape index (κ2) is 23.6. The average Bonchev–Trinajstić information content (AvgIpc) is 4.05. The van der Waals surface area contributed by atoms with E-state index >= 15 is 0 Å². The Labute approximate surface area is 374 Å². The molecule has 0 saturated heterocycles. The summed E-state index contributed by atoms with van der Waals surface area (Å²) in [5.41, 5.74) is 7.47. The van der Waals surface area contributed by atoms with E-state index in [0.717, 1.165) is 57.3 Å². The topological polar surface area (TPSA) is 70.8 Å². The Balaban J connectivity index is 0.000000225. The van der Waals surface area contributed by atoms with Crippen molar-refractivity contribution in [3.05, 3.63) is 179 Å². The normalized spacial score (nSPS) is 19.3. The maximum Gasteiger partial charge on any atom is 0.0691 e. The third kappa shape index (κ3) is 13.5. The summed E-state index contributed by atoms with van der Waals surface area (Å²) >= 11 is 0. The summed E-state index contributed by atoms with van der Waals surface area (Å²) in [6.45, 7) is 17.0. The summed E-state index contributed by atoms with van der Waals surface area (Å²) in [6.07, 6.45) is 21.1. The van der Waals surface area contributed by atoms with E-state index in [1.54, 1.807) is 24.3 Å². The second-order valence-corrected chi connectivity index (χ2v) is 16.4. The fourth-order valence-corrected chi connectivity index (χ4v) is 7.43. The minimum Gasteiger partial charge on any atom is -0.858 e. The van der Waals surface area contributed by atoms with E-state index in [4.69, 9.17) is 0 Å². The Hall–Kier alpha value is -3.97. The second-order valence-electron chi connectivity index (χ2n) is 16.4. The molecule has 4 aliphatic rings. The van der Waals surface area contributed by atoms with Gasteiger partial charge in [0.2, 0.25) is 0 Å². The van der Waals surface area contributed by atoms with Gasteiger partial charge in [0.25, 0.3) is 0 Å². The molecular formula is C52H60N2O2Rh2-2. The van der Waals surface area contributed by atoms with E-state index in [0.29, 0.717) is 34.8 Å². The van der Waals surface area contributed by atoms with Crippen molar-refractivity contribution >= 4 is 23.2 Å². The number of benzene rings is 4. The molecule has 6 heteroatoms. The molecule has 0 aromatic heterocycles. The van der Waals surface area contributed by atoms with Gasteiger partial charge in [-0.2, -0.15) is 0 Å². The van der Waals surface area contributed by atoms with Gasteiger partial charge in [0.05, 0.1) is 11.4 Å². The van der Waals surface area contributed by atoms with Crippen LogP contribution in [0.2, 0.25) is 0 Å². The standard InChI is InChI=1S/2C19H23NO.2C7H8.2Rh/c2*1-13(2)16-11-8-12-17(14(3)4)18(16)20-19(21)15-9-6-5-7-10-15;2*1-2-7-4-3-6(1)5-7;;/h2*5-14H,1-4H3,(H,20,21);2*1-4,6-7H,5H2;;/p-2. The number of fused-ring (bicyclic) bond motifs is 4. The Kier molecular flexibility index (Phi) is 19.7. The van der Waals surface area contributed by atoms with Crippen molar-refractivity contribution in [2.45, 2.75) is 91.9 Å². The minimum atomic E-state index is -0.175. The van der Waals surface area contributed by atoms with Crippen LogP contribution >= 0.6 is 0 Å². The van der Waals surface area contributed by atoms with Crippen molar-refractivity contribution < 1.29 is 49.2 Å². The van der Waals surface area contributed by atoms with Crippen LogP contribution in [0.4, 0.5) is 11.4 Å². The van der Waals surface area contributed by atoms with E-state index < -0.39 is 0 Å². The molecule has 0 aliphatic heterocycles. The van der Waals surface area contributed by atoms with Crippen molar-refractivity contribution in [2.24, 2.45) is 33.7 Å². The van der Waals surface area contributed by atoms with Crippen LogP contribution in [0.3, 0.4) is 0 Å². The molecular weight excluding hydrogens is 890 g/mol. The van der Waals surface area contributed by atoms with Crippen molar-refractivity contribution in [2.75, 3.05) is 0 Å². The largest absolute Gasteiger partial charge is 0.858 e. The first-order chi connectivity index (χ1) is 26.9. The van der Waals surface area contributed by atoms with Gasteiger partial charge in [-0.25, -0.2) is 0 Å². The molecule has 4 aromatic carbocycles. The van der Waals surface area contributed by atoms with Crippen molar-refractivity contribution in [1.82, 2.24) is 0 Å². The third-order valence-electron chi connectivity index (χ3n) is 10.7. The molecule has 58 heavy (non-hydrogen) atoms. The fraction of sp³-hybridized carbons (Fsp3) is 0.346. The molecule has 0 N–H and O–H groups in total. The zero-order valence-corrected chi connectivity index (χ0v) is 38.5. The predicted octanol–water partition coefficient (Wildman–Crippen LogP) is 12.2. The quantitative estimate of drug-likeness (QED) is 0.0764. The third-order valence-corrected chi connectivity index (χ3v) is 10.7. The predicted molar refractivity (Wildman–Crippen MR) is 234 cm³/mol. The van der Waals surface area contributed by atoms with E-state index in [1.807, 2.05) is 36.4 Å². The summed E-state index contributed by atoms with van der Waals surface area (Å²) in [7, 11) is 0. The molecule has 8 rings (SSSR count). The molecule has 310 valence electrons. The number of para-hydroxylation sites is 2. The van der Waals surface area contributed by atoms with E-state index in [-0.39, 0.29) is 50.8 Å². The van der Waals surface area contributed by atoms with Crippen LogP contribution in [-0.2, 0) is 39.0 Å². The summed E-state index contributed by atoms with van der Waals surface area (Å²) < 4.78 is 0. The van der Waals surface area contributed by atoms with Gasteiger partial charge >= 0.3 is 0 Å². The first-order valence-corrected chi connectivity index (χ1v) is 20.5. The van der Waals surface area contributed by atoms with E-state index in [2.05, 4.69) is 150 Å². The number of hydrogen-bond acceptors (Lipinski definition) is 4. The summed E-state index contributed by atoms with van der Waals surface area (Å²) in [4.78, 5) is 8.87. The molecule has 0 unspecified atom stereocenters. The van der Waals surface area contributed by atoms with Crippen molar-refractivity contribution in [1.29, 1.82) is 0 Å². The van der Waals surface area contributed by atoms with E-state index in [9.17, 15) is 10.2 Å². The van der Waals surface area contributed by atoms with Crippen LogP contribution in [0.25, 0.3) is 0 Å². The Morgan fingerprint density at radius 1 is 0.397 bits per heavy atom. The maximum absolute atomic E-state index is 12.4. The van der Waals surface area contributed by atoms with Gasteiger partial charge < -0.3 is 10.2 Å². The first-order valence-electron chi connectivity index (χ1n) is 20.5. The fourth-order valence-electron chi connectivity index (χ4n) is 7.43. The number of rotatable bonds is 8. The number of aliphatic imine (C=N–C) groups is 2. The van der Waals surface area contributed by atoms with Gasteiger partial charge in [-0.15, -0.1) is 0 Å². The van der Waals surface area contributed by atoms with Crippen LogP contribution < -0.4 is 10.2 Å². The maximum atomic E-state index is 12.4. The van der Waals surface area contributed by atoms with Gasteiger partial charge in [-0.1, -0.05) is 201 Å². The molecule has 4 bridgehead atoms. The Morgan fingerprint density at radius 3 is 0.828 bits per heavy atom. The minimum absolute atomic E-state index is 0. The Morgan fingerprint density at radius 2 is 0.638 bits per heavy atom. The van der Waals surface area contributed by atoms with Crippen molar-refractivity contribution in [3.63, 3.8) is 0 Å². The zero-order valence-electron chi connectivity index (χ0n) is 35.3. The molecule has 0 fully saturated rings. The molecule has 4 aromatic rings. The van der Waals surface area contributed by atoms with Gasteiger partial charge in [-0.3, -0.25) is 9.98 Å². The summed E-state index contributed by atoms with van der Waals surface area (Å²) in [5.74, 6) is 4.25. The summed E-state index contributed by atoms with van der Waals surface area (Å²) in [5, 5.41) is 24.8. The molecule has 0 heterocycles. The average molecular weight is 951 g/mol. The molecule has 0 atom stereocenters.